The molecule has 0 amide bonds. The van der Waals surface area contributed by atoms with Crippen molar-refractivity contribution in [1.29, 1.82) is 0 Å². The first-order chi connectivity index (χ1) is 7.31. The molecule has 1 aromatic heterocycles. The highest BCUT2D eigenvalue weighted by Gasteiger charge is 2.05. The average Bonchev–Trinajstić information content (AvgIpc) is 2.71. The molecule has 1 heterocycles. The second-order valence-electron chi connectivity index (χ2n) is 3.12. The normalized spacial score (nSPS) is 10.2. The van der Waals surface area contributed by atoms with Gasteiger partial charge in [-0.3, -0.25) is 0 Å². The molecule has 0 N–H and O–H groups in total. The molecule has 0 radical (unpaired) electrons. The van der Waals surface area contributed by atoms with Crippen molar-refractivity contribution in [1.82, 2.24) is 14.8 Å². The maximum atomic E-state index is 13.6. The Labute approximate surface area is 86.9 Å². The molecule has 0 aliphatic carbocycles. The van der Waals surface area contributed by atoms with Gasteiger partial charge in [-0.1, -0.05) is 12.1 Å². The summed E-state index contributed by atoms with van der Waals surface area (Å²) in [5.74, 6) is -0.306. The average molecular weight is 203 g/mol. The molecule has 0 saturated heterocycles. The predicted octanol–water partition coefficient (Wildman–Crippen LogP) is 2.13. The third-order valence-corrected chi connectivity index (χ3v) is 2.06. The number of rotatable bonds is 3. The van der Waals surface area contributed by atoms with Crippen molar-refractivity contribution in [2.24, 2.45) is 0 Å². The van der Waals surface area contributed by atoms with Crippen LogP contribution < -0.4 is 0 Å². The Kier molecular flexibility index (Phi) is 2.58. The Bertz CT molecular complexity index is 463. The summed E-state index contributed by atoms with van der Waals surface area (Å²) in [6.07, 6.45) is 5.24. The van der Waals surface area contributed by atoms with Crippen molar-refractivity contribution in [3.63, 3.8) is 0 Å². The highest BCUT2D eigenvalue weighted by atomic mass is 19.1. The summed E-state index contributed by atoms with van der Waals surface area (Å²) in [7, 11) is 0. The van der Waals surface area contributed by atoms with E-state index < -0.39 is 0 Å². The molecule has 2 rings (SSSR count). The van der Waals surface area contributed by atoms with E-state index >= 15 is 0 Å². The van der Waals surface area contributed by atoms with Gasteiger partial charge in [0.05, 0.1) is 0 Å². The SMILES string of the molecule is C=CCc1ccc(-n2cncn2)c(F)c1. The predicted molar refractivity (Wildman–Crippen MR) is 55.2 cm³/mol. The molecule has 4 heteroatoms. The minimum atomic E-state index is -0.306. The summed E-state index contributed by atoms with van der Waals surface area (Å²) in [5, 5.41) is 3.87. The lowest BCUT2D eigenvalue weighted by molar-refractivity contribution is 0.609. The lowest BCUT2D eigenvalue weighted by atomic mass is 10.1. The fourth-order valence-electron chi connectivity index (χ4n) is 1.36. The summed E-state index contributed by atoms with van der Waals surface area (Å²) >= 11 is 0. The molecule has 0 fully saturated rings. The first kappa shape index (κ1) is 9.58. The molecule has 0 aliphatic heterocycles. The highest BCUT2D eigenvalue weighted by molar-refractivity contribution is 5.35. The lowest BCUT2D eigenvalue weighted by Gasteiger charge is -2.03. The minimum Gasteiger partial charge on any atom is -0.223 e. The number of hydrogen-bond donors (Lipinski definition) is 0. The number of nitrogens with zero attached hydrogens (tertiary/aromatic N) is 3. The minimum absolute atomic E-state index is 0.306. The quantitative estimate of drug-likeness (QED) is 0.715. The Morgan fingerprint density at radius 1 is 1.47 bits per heavy atom. The second kappa shape index (κ2) is 4.04. The second-order valence-corrected chi connectivity index (χ2v) is 3.12. The molecular formula is C11H10FN3. The molecule has 0 saturated carbocycles. The Balaban J connectivity index is 2.39. The maximum Gasteiger partial charge on any atom is 0.149 e. The van der Waals surface area contributed by atoms with E-state index in [9.17, 15) is 4.39 Å². The van der Waals surface area contributed by atoms with Gasteiger partial charge in [0.2, 0.25) is 0 Å². The van der Waals surface area contributed by atoms with Gasteiger partial charge < -0.3 is 0 Å². The van der Waals surface area contributed by atoms with Gasteiger partial charge in [0.25, 0.3) is 0 Å². The van der Waals surface area contributed by atoms with E-state index in [-0.39, 0.29) is 5.82 Å². The number of benzene rings is 1. The van der Waals surface area contributed by atoms with E-state index in [1.165, 1.54) is 23.4 Å². The van der Waals surface area contributed by atoms with Gasteiger partial charge in [-0.15, -0.1) is 6.58 Å². The molecule has 0 unspecified atom stereocenters. The summed E-state index contributed by atoms with van der Waals surface area (Å²) in [5.41, 5.74) is 1.30. The Morgan fingerprint density at radius 3 is 2.93 bits per heavy atom. The van der Waals surface area contributed by atoms with Gasteiger partial charge in [0.15, 0.2) is 0 Å². The van der Waals surface area contributed by atoms with Gasteiger partial charge in [-0.2, -0.15) is 5.10 Å². The van der Waals surface area contributed by atoms with E-state index in [4.69, 9.17) is 0 Å². The number of allylic oxidation sites excluding steroid dienone is 1. The van der Waals surface area contributed by atoms with Gasteiger partial charge in [0, 0.05) is 0 Å². The standard InChI is InChI=1S/C11H10FN3/c1-2-3-9-4-5-11(10(12)6-9)15-8-13-7-14-15/h2,4-8H,1,3H2. The van der Waals surface area contributed by atoms with Crippen LogP contribution in [0.15, 0.2) is 43.5 Å². The summed E-state index contributed by atoms with van der Waals surface area (Å²) in [4.78, 5) is 3.77. The van der Waals surface area contributed by atoms with E-state index in [2.05, 4.69) is 16.7 Å². The van der Waals surface area contributed by atoms with Crippen LogP contribution in [-0.4, -0.2) is 14.8 Å². The summed E-state index contributed by atoms with van der Waals surface area (Å²) in [6, 6.07) is 5.02. The van der Waals surface area contributed by atoms with Crippen molar-refractivity contribution in [3.05, 3.63) is 54.9 Å². The zero-order chi connectivity index (χ0) is 10.7. The molecule has 2 aromatic rings. The van der Waals surface area contributed by atoms with Crippen molar-refractivity contribution in [2.75, 3.05) is 0 Å². The maximum absolute atomic E-state index is 13.6. The van der Waals surface area contributed by atoms with Crippen molar-refractivity contribution in [3.8, 4) is 5.69 Å². The third-order valence-electron chi connectivity index (χ3n) is 2.06. The van der Waals surface area contributed by atoms with Crippen LogP contribution in [0.2, 0.25) is 0 Å². The van der Waals surface area contributed by atoms with Crippen LogP contribution in [0.3, 0.4) is 0 Å². The molecule has 0 aliphatic rings. The van der Waals surface area contributed by atoms with Crippen LogP contribution in [0.4, 0.5) is 4.39 Å². The fourth-order valence-corrected chi connectivity index (χ4v) is 1.36. The molecule has 0 bridgehead atoms. The van der Waals surface area contributed by atoms with Crippen molar-refractivity contribution < 1.29 is 4.39 Å². The van der Waals surface area contributed by atoms with E-state index in [1.54, 1.807) is 12.1 Å². The summed E-state index contributed by atoms with van der Waals surface area (Å²) in [6.45, 7) is 3.61. The van der Waals surface area contributed by atoms with Gasteiger partial charge in [-0.25, -0.2) is 14.1 Å². The van der Waals surface area contributed by atoms with E-state index in [1.807, 2.05) is 6.07 Å². The first-order valence-corrected chi connectivity index (χ1v) is 4.55. The molecule has 1 aromatic carbocycles. The molecular weight excluding hydrogens is 193 g/mol. The van der Waals surface area contributed by atoms with Crippen LogP contribution in [0.25, 0.3) is 5.69 Å². The van der Waals surface area contributed by atoms with E-state index in [0.29, 0.717) is 12.1 Å². The zero-order valence-corrected chi connectivity index (χ0v) is 8.10. The van der Waals surface area contributed by atoms with Crippen LogP contribution in [0, 0.1) is 5.82 Å². The molecule has 3 nitrogen and oxygen atoms in total. The van der Waals surface area contributed by atoms with Gasteiger partial charge in [-0.05, 0) is 24.1 Å². The highest BCUT2D eigenvalue weighted by Crippen LogP contribution is 2.14. The topological polar surface area (TPSA) is 30.7 Å². The fraction of sp³-hybridized carbons (Fsp3) is 0.0909. The largest absolute Gasteiger partial charge is 0.223 e. The molecule has 76 valence electrons. The van der Waals surface area contributed by atoms with Crippen molar-refractivity contribution >= 4 is 0 Å². The zero-order valence-electron chi connectivity index (χ0n) is 8.10. The van der Waals surface area contributed by atoms with Crippen molar-refractivity contribution in [2.45, 2.75) is 6.42 Å². The van der Waals surface area contributed by atoms with E-state index in [0.717, 1.165) is 5.56 Å². The molecule has 15 heavy (non-hydrogen) atoms. The van der Waals surface area contributed by atoms with Crippen LogP contribution in [-0.2, 0) is 6.42 Å². The Hall–Kier alpha value is -1.97. The lowest BCUT2D eigenvalue weighted by Crippen LogP contribution is -1.98. The van der Waals surface area contributed by atoms with Crippen LogP contribution in [0.5, 0.6) is 0 Å². The van der Waals surface area contributed by atoms with Crippen LogP contribution in [0.1, 0.15) is 5.56 Å². The molecule has 0 atom stereocenters. The summed E-state index contributed by atoms with van der Waals surface area (Å²) < 4.78 is 15.0. The van der Waals surface area contributed by atoms with Gasteiger partial charge in [0.1, 0.15) is 24.2 Å². The first-order valence-electron chi connectivity index (χ1n) is 4.55. The number of halogens is 1. The number of aromatic nitrogens is 3. The third kappa shape index (κ3) is 1.93. The smallest absolute Gasteiger partial charge is 0.149 e. The monoisotopic (exact) mass is 203 g/mol. The number of hydrogen-bond acceptors (Lipinski definition) is 2. The Morgan fingerprint density at radius 2 is 2.33 bits per heavy atom. The van der Waals surface area contributed by atoms with Crippen LogP contribution >= 0.6 is 0 Å². The molecule has 0 spiro atoms. The van der Waals surface area contributed by atoms with Gasteiger partial charge >= 0.3 is 0 Å².